The molecule has 0 aromatic heterocycles. The number of nitrogens with one attached hydrogen (secondary N) is 1. The van der Waals surface area contributed by atoms with Crippen LogP contribution >= 0.6 is 0 Å². The summed E-state index contributed by atoms with van der Waals surface area (Å²) in [5.41, 5.74) is 2.45. The fourth-order valence-corrected chi connectivity index (χ4v) is 4.21. The van der Waals surface area contributed by atoms with Gasteiger partial charge in [-0.05, 0) is 47.9 Å². The van der Waals surface area contributed by atoms with E-state index in [1.807, 2.05) is 18.2 Å². The third kappa shape index (κ3) is 3.02. The third-order valence-electron chi connectivity index (χ3n) is 4.58. The van der Waals surface area contributed by atoms with Gasteiger partial charge in [-0.25, -0.2) is 13.1 Å². The first-order valence-electron chi connectivity index (χ1n) is 8.22. The molecule has 0 saturated carbocycles. The van der Waals surface area contributed by atoms with E-state index in [0.29, 0.717) is 17.9 Å². The van der Waals surface area contributed by atoms with Gasteiger partial charge in [-0.2, -0.15) is 0 Å². The minimum Gasteiger partial charge on any atom is -0.454 e. The molecule has 26 heavy (non-hydrogen) atoms. The van der Waals surface area contributed by atoms with Crippen molar-refractivity contribution in [2.75, 3.05) is 25.3 Å². The molecule has 4 rings (SSSR count). The van der Waals surface area contributed by atoms with E-state index in [0.717, 1.165) is 16.8 Å². The van der Waals surface area contributed by atoms with Gasteiger partial charge in [0.15, 0.2) is 11.5 Å². The number of rotatable bonds is 5. The SMILES string of the molecule is CN1C(=O)Cc2cc(S(=O)(=O)NCCc3ccc4c(c3)OCO4)ccc21. The van der Waals surface area contributed by atoms with Gasteiger partial charge in [0.2, 0.25) is 22.7 Å². The van der Waals surface area contributed by atoms with Gasteiger partial charge in [-0.1, -0.05) is 6.07 Å². The Kier molecular flexibility index (Phi) is 4.08. The number of ether oxygens (including phenoxy) is 2. The number of carbonyl (C=O) groups is 1. The summed E-state index contributed by atoms with van der Waals surface area (Å²) in [6, 6.07) is 10.3. The normalized spacial score (nSPS) is 15.4. The lowest BCUT2D eigenvalue weighted by Gasteiger charge is -2.11. The van der Waals surface area contributed by atoms with Crippen LogP contribution < -0.4 is 19.1 Å². The Morgan fingerprint density at radius 3 is 2.77 bits per heavy atom. The Labute approximate surface area is 151 Å². The summed E-state index contributed by atoms with van der Waals surface area (Å²) in [6.07, 6.45) is 0.758. The zero-order chi connectivity index (χ0) is 18.3. The van der Waals surface area contributed by atoms with Crippen LogP contribution in [0.2, 0.25) is 0 Å². The minimum atomic E-state index is -3.63. The lowest BCUT2D eigenvalue weighted by molar-refractivity contribution is -0.117. The molecule has 0 saturated heterocycles. The lowest BCUT2D eigenvalue weighted by Crippen LogP contribution is -2.26. The van der Waals surface area contributed by atoms with E-state index in [-0.39, 0.29) is 30.6 Å². The quantitative estimate of drug-likeness (QED) is 0.856. The molecule has 0 aliphatic carbocycles. The number of carbonyl (C=O) groups excluding carboxylic acids is 1. The molecule has 136 valence electrons. The van der Waals surface area contributed by atoms with Gasteiger partial charge >= 0.3 is 0 Å². The van der Waals surface area contributed by atoms with E-state index in [4.69, 9.17) is 9.47 Å². The molecule has 0 bridgehead atoms. The fourth-order valence-electron chi connectivity index (χ4n) is 3.12. The van der Waals surface area contributed by atoms with Crippen molar-refractivity contribution >= 4 is 21.6 Å². The average molecular weight is 374 g/mol. The van der Waals surface area contributed by atoms with Gasteiger partial charge in [0, 0.05) is 19.3 Å². The van der Waals surface area contributed by atoms with Crippen LogP contribution in [-0.2, 0) is 27.7 Å². The van der Waals surface area contributed by atoms with Gasteiger partial charge in [0.05, 0.1) is 11.3 Å². The van der Waals surface area contributed by atoms with E-state index in [2.05, 4.69) is 4.72 Å². The van der Waals surface area contributed by atoms with Crippen LogP contribution in [0.25, 0.3) is 0 Å². The first-order chi connectivity index (χ1) is 12.4. The third-order valence-corrected chi connectivity index (χ3v) is 6.04. The maximum atomic E-state index is 12.5. The highest BCUT2D eigenvalue weighted by Gasteiger charge is 2.26. The van der Waals surface area contributed by atoms with Gasteiger partial charge in [-0.3, -0.25) is 4.79 Å². The Hall–Kier alpha value is -2.58. The van der Waals surface area contributed by atoms with Crippen molar-refractivity contribution in [3.63, 3.8) is 0 Å². The van der Waals surface area contributed by atoms with Crippen molar-refractivity contribution in [1.29, 1.82) is 0 Å². The number of fused-ring (bicyclic) bond motifs is 2. The summed E-state index contributed by atoms with van der Waals surface area (Å²) in [5.74, 6) is 1.34. The molecule has 1 N–H and O–H groups in total. The molecule has 7 nitrogen and oxygen atoms in total. The van der Waals surface area contributed by atoms with Crippen LogP contribution in [0.3, 0.4) is 0 Å². The Bertz CT molecular complexity index is 987. The molecule has 0 radical (unpaired) electrons. The van der Waals surface area contributed by atoms with Gasteiger partial charge < -0.3 is 14.4 Å². The molecule has 0 atom stereocenters. The maximum Gasteiger partial charge on any atom is 0.240 e. The van der Waals surface area contributed by atoms with Crippen LogP contribution in [0.15, 0.2) is 41.3 Å². The predicted octanol–water partition coefficient (Wildman–Crippen LogP) is 1.46. The minimum absolute atomic E-state index is 0.0367. The second-order valence-electron chi connectivity index (χ2n) is 6.26. The molecule has 2 aliphatic rings. The van der Waals surface area contributed by atoms with E-state index in [9.17, 15) is 13.2 Å². The number of nitrogens with zero attached hydrogens (tertiary/aromatic N) is 1. The summed E-state index contributed by atoms with van der Waals surface area (Å²) < 4.78 is 38.2. The fraction of sp³-hybridized carbons (Fsp3) is 0.278. The van der Waals surface area contributed by atoms with Crippen molar-refractivity contribution in [3.05, 3.63) is 47.5 Å². The van der Waals surface area contributed by atoms with E-state index in [1.165, 1.54) is 6.07 Å². The molecule has 2 aliphatic heterocycles. The molecular formula is C18H18N2O5S. The number of hydrogen-bond acceptors (Lipinski definition) is 5. The van der Waals surface area contributed by atoms with Gasteiger partial charge in [0.1, 0.15) is 0 Å². The van der Waals surface area contributed by atoms with E-state index < -0.39 is 10.0 Å². The van der Waals surface area contributed by atoms with Crippen molar-refractivity contribution in [2.24, 2.45) is 0 Å². The summed E-state index contributed by atoms with van der Waals surface area (Å²) in [5, 5.41) is 0. The second kappa shape index (κ2) is 6.30. The number of benzene rings is 2. The smallest absolute Gasteiger partial charge is 0.240 e. The maximum absolute atomic E-state index is 12.5. The number of anilines is 1. The Morgan fingerprint density at radius 1 is 1.12 bits per heavy atom. The topological polar surface area (TPSA) is 84.9 Å². The van der Waals surface area contributed by atoms with E-state index in [1.54, 1.807) is 24.1 Å². The van der Waals surface area contributed by atoms with Crippen LogP contribution in [0.5, 0.6) is 11.5 Å². The van der Waals surface area contributed by atoms with Gasteiger partial charge in [-0.15, -0.1) is 0 Å². The molecule has 8 heteroatoms. The van der Waals surface area contributed by atoms with Crippen LogP contribution in [0, 0.1) is 0 Å². The van der Waals surface area contributed by atoms with Crippen LogP contribution in [0.4, 0.5) is 5.69 Å². The van der Waals surface area contributed by atoms with E-state index >= 15 is 0 Å². The number of sulfonamides is 1. The van der Waals surface area contributed by atoms with Crippen molar-refractivity contribution in [2.45, 2.75) is 17.7 Å². The lowest BCUT2D eigenvalue weighted by atomic mass is 10.1. The largest absolute Gasteiger partial charge is 0.454 e. The van der Waals surface area contributed by atoms with Crippen LogP contribution in [0.1, 0.15) is 11.1 Å². The molecule has 2 heterocycles. The molecule has 1 amide bonds. The van der Waals surface area contributed by atoms with Crippen molar-refractivity contribution in [3.8, 4) is 11.5 Å². The number of likely N-dealkylation sites (N-methyl/N-ethyl adjacent to an activating group) is 1. The summed E-state index contributed by atoms with van der Waals surface area (Å²) >= 11 is 0. The number of hydrogen-bond donors (Lipinski definition) is 1. The standard InChI is InChI=1S/C18H18N2O5S/c1-20-15-4-3-14(9-13(15)10-18(20)21)26(22,23)19-7-6-12-2-5-16-17(8-12)25-11-24-16/h2-5,8-9,19H,6-7,10-11H2,1H3. The zero-order valence-electron chi connectivity index (χ0n) is 14.2. The molecule has 0 fully saturated rings. The molecule has 2 aromatic rings. The summed E-state index contributed by atoms with van der Waals surface area (Å²) in [7, 11) is -1.95. The second-order valence-corrected chi connectivity index (χ2v) is 8.02. The summed E-state index contributed by atoms with van der Waals surface area (Å²) in [6.45, 7) is 0.472. The first kappa shape index (κ1) is 16.9. The summed E-state index contributed by atoms with van der Waals surface area (Å²) in [4.78, 5) is 13.5. The van der Waals surface area contributed by atoms with Crippen molar-refractivity contribution < 1.29 is 22.7 Å². The zero-order valence-corrected chi connectivity index (χ0v) is 15.0. The number of amides is 1. The molecule has 0 spiro atoms. The highest BCUT2D eigenvalue weighted by molar-refractivity contribution is 7.89. The average Bonchev–Trinajstić information content (AvgIpc) is 3.19. The molecule has 0 unspecified atom stereocenters. The molecule has 2 aromatic carbocycles. The Balaban J connectivity index is 1.43. The van der Waals surface area contributed by atoms with Crippen LogP contribution in [-0.4, -0.2) is 34.7 Å². The Morgan fingerprint density at radius 2 is 1.92 bits per heavy atom. The highest BCUT2D eigenvalue weighted by atomic mass is 32.2. The highest BCUT2D eigenvalue weighted by Crippen LogP contribution is 2.32. The first-order valence-corrected chi connectivity index (χ1v) is 9.70. The van der Waals surface area contributed by atoms with Gasteiger partial charge in [0.25, 0.3) is 0 Å². The predicted molar refractivity (Wildman–Crippen MR) is 95.0 cm³/mol. The molecular weight excluding hydrogens is 356 g/mol. The van der Waals surface area contributed by atoms with Crippen molar-refractivity contribution in [1.82, 2.24) is 4.72 Å². The monoisotopic (exact) mass is 374 g/mol.